The first-order valence-corrected chi connectivity index (χ1v) is 6.74. The third kappa shape index (κ3) is 3.34. The molecule has 2 aromatic rings. The van der Waals surface area contributed by atoms with E-state index in [9.17, 15) is 4.79 Å². The number of rotatable bonds is 3. The minimum Gasteiger partial charge on any atom is -0.323 e. The molecule has 0 unspecified atom stereocenters. The van der Waals surface area contributed by atoms with Crippen LogP contribution < -0.4 is 16.6 Å². The second kappa shape index (κ2) is 6.18. The maximum Gasteiger partial charge on any atom is 0.259 e. The molecule has 0 saturated heterocycles. The molecule has 5 nitrogen and oxygen atoms in total. The van der Waals surface area contributed by atoms with E-state index in [1.807, 2.05) is 6.07 Å². The second-order valence-corrected chi connectivity index (χ2v) is 5.30. The van der Waals surface area contributed by atoms with Crippen molar-refractivity contribution in [2.24, 2.45) is 5.84 Å². The number of carbonyl (C=O) groups excluding carboxylic acids is 1. The lowest BCUT2D eigenvalue weighted by atomic mass is 10.2. The van der Waals surface area contributed by atoms with E-state index in [2.05, 4.69) is 38.3 Å². The number of hydrogen-bond acceptors (Lipinski definition) is 4. The van der Waals surface area contributed by atoms with E-state index in [1.54, 1.807) is 24.4 Å². The van der Waals surface area contributed by atoms with Gasteiger partial charge in [-0.3, -0.25) is 15.6 Å². The van der Waals surface area contributed by atoms with Gasteiger partial charge in [-0.15, -0.1) is 0 Å². The van der Waals surface area contributed by atoms with Gasteiger partial charge in [-0.1, -0.05) is 11.6 Å². The number of hydrogen-bond donors (Lipinski definition) is 3. The van der Waals surface area contributed by atoms with Gasteiger partial charge in [-0.25, -0.2) is 0 Å². The number of hydrazine groups is 1. The smallest absolute Gasteiger partial charge is 0.259 e. The molecule has 0 aliphatic heterocycles. The highest BCUT2D eigenvalue weighted by atomic mass is 127. The summed E-state index contributed by atoms with van der Waals surface area (Å²) in [5, 5.41) is 3.20. The van der Waals surface area contributed by atoms with E-state index in [1.165, 1.54) is 6.20 Å². The molecule has 0 saturated carbocycles. The number of nitrogens with zero attached hydrogens (tertiary/aromatic N) is 1. The summed E-state index contributed by atoms with van der Waals surface area (Å²) in [5.41, 5.74) is 3.83. The van der Waals surface area contributed by atoms with Crippen molar-refractivity contribution in [3.05, 3.63) is 50.8 Å². The molecule has 2 rings (SSSR count). The Hall–Kier alpha value is -1.38. The van der Waals surface area contributed by atoms with Crippen molar-refractivity contribution in [1.82, 2.24) is 4.98 Å². The Morgan fingerprint density at radius 3 is 2.79 bits per heavy atom. The Labute approximate surface area is 128 Å². The molecule has 1 aromatic carbocycles. The molecule has 1 heterocycles. The number of benzene rings is 1. The first-order valence-electron chi connectivity index (χ1n) is 5.29. The van der Waals surface area contributed by atoms with Crippen LogP contribution in [0.4, 0.5) is 11.4 Å². The van der Waals surface area contributed by atoms with Gasteiger partial charge in [0, 0.05) is 16.0 Å². The van der Waals surface area contributed by atoms with E-state index >= 15 is 0 Å². The van der Waals surface area contributed by atoms with Crippen molar-refractivity contribution in [1.29, 1.82) is 0 Å². The van der Waals surface area contributed by atoms with Gasteiger partial charge in [-0.05, 0) is 46.9 Å². The molecule has 0 spiro atoms. The minimum absolute atomic E-state index is 0.329. The zero-order chi connectivity index (χ0) is 13.8. The SMILES string of the molecule is NNc1ccncc1C(=O)Nc1ccc(I)cc1Cl. The summed E-state index contributed by atoms with van der Waals surface area (Å²) in [6.45, 7) is 0. The van der Waals surface area contributed by atoms with Gasteiger partial charge in [0.2, 0.25) is 0 Å². The molecule has 0 bridgehead atoms. The number of nitrogen functional groups attached to an aromatic ring is 1. The van der Waals surface area contributed by atoms with E-state index in [-0.39, 0.29) is 5.91 Å². The Morgan fingerprint density at radius 1 is 1.32 bits per heavy atom. The summed E-state index contributed by atoms with van der Waals surface area (Å²) in [6, 6.07) is 6.98. The van der Waals surface area contributed by atoms with Gasteiger partial charge in [-0.2, -0.15) is 0 Å². The lowest BCUT2D eigenvalue weighted by Crippen LogP contribution is -2.17. The van der Waals surface area contributed by atoms with Crippen LogP contribution in [0, 0.1) is 3.57 Å². The highest BCUT2D eigenvalue weighted by Gasteiger charge is 2.12. The molecule has 4 N–H and O–H groups in total. The van der Waals surface area contributed by atoms with Crippen LogP contribution in [-0.4, -0.2) is 10.9 Å². The fourth-order valence-corrected chi connectivity index (χ4v) is 2.38. The Bertz CT molecular complexity index is 620. The first kappa shape index (κ1) is 14.0. The Kier molecular flexibility index (Phi) is 4.56. The van der Waals surface area contributed by atoms with Crippen LogP contribution in [-0.2, 0) is 0 Å². The average molecular weight is 389 g/mol. The van der Waals surface area contributed by atoms with Crippen LogP contribution >= 0.6 is 34.2 Å². The summed E-state index contributed by atoms with van der Waals surface area (Å²) in [5.74, 6) is 5.02. The molecule has 98 valence electrons. The molecule has 19 heavy (non-hydrogen) atoms. The van der Waals surface area contributed by atoms with Crippen LogP contribution in [0.3, 0.4) is 0 Å². The zero-order valence-corrected chi connectivity index (χ0v) is 12.6. The average Bonchev–Trinajstić information content (AvgIpc) is 2.41. The number of aromatic nitrogens is 1. The standard InChI is InChI=1S/C12H10ClIN4O/c13-9-5-7(14)1-2-11(9)17-12(19)8-6-16-4-3-10(8)18-15/h1-6H,15H2,(H,16,18)(H,17,19). The van der Waals surface area contributed by atoms with E-state index in [0.29, 0.717) is 22.0 Å². The van der Waals surface area contributed by atoms with Gasteiger partial charge in [0.1, 0.15) is 0 Å². The quantitative estimate of drug-likeness (QED) is 0.429. The van der Waals surface area contributed by atoms with E-state index in [4.69, 9.17) is 17.4 Å². The highest BCUT2D eigenvalue weighted by Crippen LogP contribution is 2.25. The second-order valence-electron chi connectivity index (χ2n) is 3.64. The van der Waals surface area contributed by atoms with E-state index in [0.717, 1.165) is 3.57 Å². The van der Waals surface area contributed by atoms with Crippen molar-refractivity contribution in [3.63, 3.8) is 0 Å². The van der Waals surface area contributed by atoms with Crippen LogP contribution in [0.5, 0.6) is 0 Å². The van der Waals surface area contributed by atoms with Gasteiger partial charge in [0.15, 0.2) is 0 Å². The minimum atomic E-state index is -0.329. The first-order chi connectivity index (χ1) is 9.11. The van der Waals surface area contributed by atoms with Crippen molar-refractivity contribution in [3.8, 4) is 0 Å². The summed E-state index contributed by atoms with van der Waals surface area (Å²) >= 11 is 8.20. The summed E-state index contributed by atoms with van der Waals surface area (Å²) in [4.78, 5) is 16.0. The topological polar surface area (TPSA) is 80.0 Å². The van der Waals surface area contributed by atoms with Crippen LogP contribution in [0.25, 0.3) is 0 Å². The fourth-order valence-electron chi connectivity index (χ4n) is 1.48. The number of nitrogens with one attached hydrogen (secondary N) is 2. The Balaban J connectivity index is 2.26. The fraction of sp³-hybridized carbons (Fsp3) is 0. The van der Waals surface area contributed by atoms with Crippen molar-refractivity contribution >= 4 is 51.5 Å². The van der Waals surface area contributed by atoms with Gasteiger partial charge >= 0.3 is 0 Å². The predicted molar refractivity (Wildman–Crippen MR) is 84.2 cm³/mol. The number of halogens is 2. The maximum absolute atomic E-state index is 12.1. The molecular weight excluding hydrogens is 379 g/mol. The molecule has 0 radical (unpaired) electrons. The van der Waals surface area contributed by atoms with Crippen molar-refractivity contribution in [2.45, 2.75) is 0 Å². The van der Waals surface area contributed by atoms with Crippen molar-refractivity contribution < 1.29 is 4.79 Å². The molecule has 7 heteroatoms. The molecule has 0 aliphatic rings. The van der Waals surface area contributed by atoms with Crippen LogP contribution in [0.1, 0.15) is 10.4 Å². The lowest BCUT2D eigenvalue weighted by Gasteiger charge is -2.10. The van der Waals surface area contributed by atoms with Gasteiger partial charge < -0.3 is 10.7 Å². The third-order valence-corrected chi connectivity index (χ3v) is 3.38. The lowest BCUT2D eigenvalue weighted by molar-refractivity contribution is 0.102. The molecule has 1 amide bonds. The van der Waals surface area contributed by atoms with Crippen LogP contribution in [0.2, 0.25) is 5.02 Å². The molecule has 0 atom stereocenters. The van der Waals surface area contributed by atoms with Crippen LogP contribution in [0.15, 0.2) is 36.7 Å². The zero-order valence-electron chi connectivity index (χ0n) is 9.65. The summed E-state index contributed by atoms with van der Waals surface area (Å²) in [6.07, 6.45) is 2.98. The normalized spacial score (nSPS) is 10.1. The molecule has 1 aromatic heterocycles. The Morgan fingerprint density at radius 2 is 2.11 bits per heavy atom. The number of amides is 1. The number of pyridine rings is 1. The number of carbonyl (C=O) groups is 1. The predicted octanol–water partition coefficient (Wildman–Crippen LogP) is 2.88. The number of anilines is 2. The van der Waals surface area contributed by atoms with Crippen molar-refractivity contribution in [2.75, 3.05) is 10.7 Å². The van der Waals surface area contributed by atoms with Gasteiger partial charge in [0.25, 0.3) is 5.91 Å². The highest BCUT2D eigenvalue weighted by molar-refractivity contribution is 14.1. The molecular formula is C12H10ClIN4O. The summed E-state index contributed by atoms with van der Waals surface area (Å²) < 4.78 is 0.992. The maximum atomic E-state index is 12.1. The van der Waals surface area contributed by atoms with Gasteiger partial charge in [0.05, 0.1) is 22.0 Å². The van der Waals surface area contributed by atoms with E-state index < -0.39 is 0 Å². The summed E-state index contributed by atoms with van der Waals surface area (Å²) in [7, 11) is 0. The molecule has 0 fully saturated rings. The largest absolute Gasteiger partial charge is 0.323 e. The monoisotopic (exact) mass is 388 g/mol. The molecule has 0 aliphatic carbocycles. The number of nitrogens with two attached hydrogens (primary N) is 1. The third-order valence-electron chi connectivity index (χ3n) is 2.40.